The number of carbonyl (C=O) groups is 1. The summed E-state index contributed by atoms with van der Waals surface area (Å²) in [5.41, 5.74) is 1.93. The third-order valence-electron chi connectivity index (χ3n) is 2.28. The van der Waals surface area contributed by atoms with Gasteiger partial charge in [0.15, 0.2) is 0 Å². The minimum atomic E-state index is -0.272. The summed E-state index contributed by atoms with van der Waals surface area (Å²) in [6.45, 7) is 1.88. The lowest BCUT2D eigenvalue weighted by Crippen LogP contribution is -2.11. The molecule has 0 saturated heterocycles. The number of phenolic OH excluding ortho intramolecular Hbond substituents is 1. The Morgan fingerprint density at radius 1 is 1.29 bits per heavy atom. The van der Waals surface area contributed by atoms with Crippen molar-refractivity contribution in [1.82, 2.24) is 4.98 Å². The molecule has 1 amide bonds. The Morgan fingerprint density at radius 3 is 2.76 bits per heavy atom. The van der Waals surface area contributed by atoms with Crippen molar-refractivity contribution in [2.24, 2.45) is 0 Å². The number of benzene rings is 1. The number of rotatable bonds is 2. The molecule has 1 aromatic carbocycles. The molecule has 0 saturated carbocycles. The number of nitrogens with zero attached hydrogens (tertiary/aromatic N) is 1. The van der Waals surface area contributed by atoms with Gasteiger partial charge in [0, 0.05) is 11.3 Å². The Morgan fingerprint density at radius 2 is 2.12 bits per heavy atom. The minimum absolute atomic E-state index is 0.0691. The second-order valence-electron chi connectivity index (χ2n) is 3.69. The lowest BCUT2D eigenvalue weighted by molar-refractivity contribution is 0.102. The van der Waals surface area contributed by atoms with Gasteiger partial charge in [-0.25, -0.2) is 0 Å². The molecule has 1 aromatic heterocycles. The van der Waals surface area contributed by atoms with Crippen LogP contribution in [0.4, 0.5) is 5.69 Å². The van der Waals surface area contributed by atoms with Crippen LogP contribution in [0.5, 0.6) is 5.75 Å². The molecule has 0 radical (unpaired) electrons. The van der Waals surface area contributed by atoms with E-state index in [9.17, 15) is 9.90 Å². The van der Waals surface area contributed by atoms with Gasteiger partial charge in [-0.05, 0) is 37.3 Å². The summed E-state index contributed by atoms with van der Waals surface area (Å²) in [4.78, 5) is 15.9. The van der Waals surface area contributed by atoms with Gasteiger partial charge in [-0.3, -0.25) is 9.78 Å². The predicted molar refractivity (Wildman–Crippen MR) is 65.0 cm³/mol. The Bertz CT molecular complexity index is 535. The highest BCUT2D eigenvalue weighted by atomic mass is 16.3. The van der Waals surface area contributed by atoms with Gasteiger partial charge >= 0.3 is 0 Å². The zero-order valence-corrected chi connectivity index (χ0v) is 9.34. The van der Waals surface area contributed by atoms with Gasteiger partial charge in [-0.15, -0.1) is 0 Å². The summed E-state index contributed by atoms with van der Waals surface area (Å²) in [5.74, 6) is -0.203. The van der Waals surface area contributed by atoms with Crippen LogP contribution >= 0.6 is 0 Å². The molecule has 0 bridgehead atoms. The lowest BCUT2D eigenvalue weighted by atomic mass is 10.2. The van der Waals surface area contributed by atoms with E-state index in [1.54, 1.807) is 24.4 Å². The number of aromatic hydroxyl groups is 1. The normalized spacial score (nSPS) is 9.94. The Labute approximate surface area is 98.9 Å². The van der Waals surface area contributed by atoms with Crippen LogP contribution in [0, 0.1) is 6.92 Å². The van der Waals surface area contributed by atoms with Gasteiger partial charge in [-0.2, -0.15) is 0 Å². The number of hydrogen-bond acceptors (Lipinski definition) is 3. The molecule has 1 heterocycles. The van der Waals surface area contributed by atoms with Crippen molar-refractivity contribution in [3.63, 3.8) is 0 Å². The summed E-state index contributed by atoms with van der Waals surface area (Å²) < 4.78 is 0. The number of carbonyl (C=O) groups excluding carboxylic acids is 1. The first-order valence-electron chi connectivity index (χ1n) is 5.18. The number of amides is 1. The van der Waals surface area contributed by atoms with Crippen molar-refractivity contribution in [1.29, 1.82) is 0 Å². The fourth-order valence-corrected chi connectivity index (χ4v) is 1.39. The molecule has 0 spiro atoms. The van der Waals surface area contributed by atoms with E-state index in [1.807, 2.05) is 13.0 Å². The molecule has 2 N–H and O–H groups in total. The Kier molecular flexibility index (Phi) is 3.05. The van der Waals surface area contributed by atoms with Crippen LogP contribution in [0.1, 0.15) is 16.1 Å². The summed E-state index contributed by atoms with van der Waals surface area (Å²) in [6.07, 6.45) is 1.59. The average Bonchev–Trinajstić information content (AvgIpc) is 2.32. The van der Waals surface area contributed by atoms with Crippen molar-refractivity contribution in [3.8, 4) is 5.75 Å². The fraction of sp³-hybridized carbons (Fsp3) is 0.0769. The standard InChI is InChI=1S/C13H12N2O2/c1-9-5-6-11(8-14-9)15-13(17)10-3-2-4-12(16)7-10/h2-8,16H,1H3,(H,15,17). The van der Waals surface area contributed by atoms with Crippen molar-refractivity contribution in [2.75, 3.05) is 5.32 Å². The largest absolute Gasteiger partial charge is 0.508 e. The van der Waals surface area contributed by atoms with Crippen LogP contribution < -0.4 is 5.32 Å². The van der Waals surface area contributed by atoms with E-state index in [-0.39, 0.29) is 11.7 Å². The Hall–Kier alpha value is -2.36. The number of aromatic nitrogens is 1. The van der Waals surface area contributed by atoms with E-state index in [4.69, 9.17) is 0 Å². The molecule has 4 nitrogen and oxygen atoms in total. The molecule has 0 aliphatic heterocycles. The highest BCUT2D eigenvalue weighted by Crippen LogP contribution is 2.13. The first-order valence-corrected chi connectivity index (χ1v) is 5.18. The second-order valence-corrected chi connectivity index (χ2v) is 3.69. The van der Waals surface area contributed by atoms with Gasteiger partial charge in [0.05, 0.1) is 11.9 Å². The summed E-state index contributed by atoms with van der Waals surface area (Å²) in [7, 11) is 0. The van der Waals surface area contributed by atoms with Crippen molar-refractivity contribution >= 4 is 11.6 Å². The van der Waals surface area contributed by atoms with E-state index in [1.165, 1.54) is 12.1 Å². The van der Waals surface area contributed by atoms with Crippen LogP contribution in [-0.2, 0) is 0 Å². The SMILES string of the molecule is Cc1ccc(NC(=O)c2cccc(O)c2)cn1. The van der Waals surface area contributed by atoms with Gasteiger partial charge in [0.25, 0.3) is 5.91 Å². The van der Waals surface area contributed by atoms with E-state index in [0.29, 0.717) is 11.3 Å². The predicted octanol–water partition coefficient (Wildman–Crippen LogP) is 2.35. The zero-order chi connectivity index (χ0) is 12.3. The molecule has 4 heteroatoms. The molecule has 86 valence electrons. The maximum Gasteiger partial charge on any atom is 0.255 e. The maximum atomic E-state index is 11.8. The van der Waals surface area contributed by atoms with E-state index in [2.05, 4.69) is 10.3 Å². The van der Waals surface area contributed by atoms with Gasteiger partial charge in [0.2, 0.25) is 0 Å². The zero-order valence-electron chi connectivity index (χ0n) is 9.34. The molecular formula is C13H12N2O2. The average molecular weight is 228 g/mol. The van der Waals surface area contributed by atoms with Gasteiger partial charge in [-0.1, -0.05) is 6.07 Å². The number of aryl methyl sites for hydroxylation is 1. The molecule has 2 rings (SSSR count). The van der Waals surface area contributed by atoms with Gasteiger partial charge in [0.1, 0.15) is 5.75 Å². The number of pyridine rings is 1. The first kappa shape index (κ1) is 11.1. The molecule has 0 atom stereocenters. The molecule has 17 heavy (non-hydrogen) atoms. The van der Waals surface area contributed by atoms with Crippen molar-refractivity contribution < 1.29 is 9.90 Å². The van der Waals surface area contributed by atoms with E-state index < -0.39 is 0 Å². The second kappa shape index (κ2) is 4.65. The molecule has 0 aliphatic rings. The van der Waals surface area contributed by atoms with E-state index >= 15 is 0 Å². The number of anilines is 1. The molecular weight excluding hydrogens is 216 g/mol. The summed E-state index contributed by atoms with van der Waals surface area (Å²) >= 11 is 0. The quantitative estimate of drug-likeness (QED) is 0.829. The third kappa shape index (κ3) is 2.81. The van der Waals surface area contributed by atoms with Crippen molar-refractivity contribution in [3.05, 3.63) is 53.9 Å². The Balaban J connectivity index is 2.14. The number of hydrogen-bond donors (Lipinski definition) is 2. The molecule has 0 unspecified atom stereocenters. The van der Waals surface area contributed by atoms with Crippen LogP contribution in [0.3, 0.4) is 0 Å². The van der Waals surface area contributed by atoms with Crippen LogP contribution in [0.25, 0.3) is 0 Å². The number of nitrogens with one attached hydrogen (secondary N) is 1. The van der Waals surface area contributed by atoms with Crippen LogP contribution in [0.15, 0.2) is 42.6 Å². The summed E-state index contributed by atoms with van der Waals surface area (Å²) in [6, 6.07) is 9.79. The topological polar surface area (TPSA) is 62.2 Å². The fourth-order valence-electron chi connectivity index (χ4n) is 1.39. The molecule has 2 aromatic rings. The van der Waals surface area contributed by atoms with Crippen LogP contribution in [0.2, 0.25) is 0 Å². The smallest absolute Gasteiger partial charge is 0.255 e. The first-order chi connectivity index (χ1) is 8.15. The summed E-state index contributed by atoms with van der Waals surface area (Å²) in [5, 5.41) is 12.0. The highest BCUT2D eigenvalue weighted by molar-refractivity contribution is 6.04. The minimum Gasteiger partial charge on any atom is -0.508 e. The monoisotopic (exact) mass is 228 g/mol. The lowest BCUT2D eigenvalue weighted by Gasteiger charge is -2.05. The maximum absolute atomic E-state index is 11.8. The molecule has 0 fully saturated rings. The number of phenols is 1. The highest BCUT2D eigenvalue weighted by Gasteiger charge is 2.06. The third-order valence-corrected chi connectivity index (χ3v) is 2.28. The van der Waals surface area contributed by atoms with Crippen LogP contribution in [-0.4, -0.2) is 16.0 Å². The van der Waals surface area contributed by atoms with E-state index in [0.717, 1.165) is 5.69 Å². The molecule has 0 aliphatic carbocycles. The van der Waals surface area contributed by atoms with Crippen molar-refractivity contribution in [2.45, 2.75) is 6.92 Å². The van der Waals surface area contributed by atoms with Gasteiger partial charge < -0.3 is 10.4 Å².